The monoisotopic (exact) mass is 309 g/mol. The number of rotatable bonds is 6. The SMILES string of the molecule is C[NH+](C)Cc1ccccc1CNc1nnnn1-c1ccccc1. The highest BCUT2D eigenvalue weighted by atomic mass is 15.6. The molecule has 0 spiro atoms. The second kappa shape index (κ2) is 7.02. The fraction of sp³-hybridized carbons (Fsp3) is 0.235. The molecule has 3 aromatic rings. The summed E-state index contributed by atoms with van der Waals surface area (Å²) in [5.41, 5.74) is 3.53. The number of nitrogens with zero attached hydrogens (tertiary/aromatic N) is 4. The van der Waals surface area contributed by atoms with E-state index in [1.54, 1.807) is 4.68 Å². The van der Waals surface area contributed by atoms with Crippen LogP contribution in [0.1, 0.15) is 11.1 Å². The fourth-order valence-electron chi connectivity index (χ4n) is 2.50. The standard InChI is InChI=1S/C17H20N6/c1-22(2)13-15-9-7-6-8-14(15)12-18-17-19-20-21-23(17)16-10-4-3-5-11-16/h3-11H,12-13H2,1-2H3,(H,18,19,21)/p+1. The third kappa shape index (κ3) is 3.73. The van der Waals surface area contributed by atoms with Crippen molar-refractivity contribution in [1.29, 1.82) is 0 Å². The summed E-state index contributed by atoms with van der Waals surface area (Å²) in [6.45, 7) is 1.68. The van der Waals surface area contributed by atoms with Crippen LogP contribution in [0.3, 0.4) is 0 Å². The summed E-state index contributed by atoms with van der Waals surface area (Å²) >= 11 is 0. The van der Waals surface area contributed by atoms with Gasteiger partial charge in [0.25, 0.3) is 0 Å². The molecule has 0 unspecified atom stereocenters. The van der Waals surface area contributed by atoms with Crippen molar-refractivity contribution < 1.29 is 4.90 Å². The van der Waals surface area contributed by atoms with Gasteiger partial charge in [-0.1, -0.05) is 47.6 Å². The van der Waals surface area contributed by atoms with Crippen LogP contribution < -0.4 is 10.2 Å². The molecule has 0 saturated heterocycles. The molecule has 0 radical (unpaired) electrons. The number of benzene rings is 2. The summed E-state index contributed by atoms with van der Waals surface area (Å²) in [6, 6.07) is 18.3. The summed E-state index contributed by atoms with van der Waals surface area (Å²) < 4.78 is 1.71. The van der Waals surface area contributed by atoms with Crippen LogP contribution in [-0.2, 0) is 13.1 Å². The van der Waals surface area contributed by atoms with Gasteiger partial charge in [-0.2, -0.15) is 4.68 Å². The van der Waals surface area contributed by atoms with Crippen molar-refractivity contribution >= 4 is 5.95 Å². The zero-order valence-corrected chi connectivity index (χ0v) is 13.4. The van der Waals surface area contributed by atoms with Gasteiger partial charge in [-0.05, 0) is 28.1 Å². The Balaban J connectivity index is 1.77. The second-order valence-corrected chi connectivity index (χ2v) is 5.76. The van der Waals surface area contributed by atoms with E-state index in [9.17, 15) is 0 Å². The molecule has 23 heavy (non-hydrogen) atoms. The topological polar surface area (TPSA) is 60.1 Å². The Kier molecular flexibility index (Phi) is 4.63. The zero-order chi connectivity index (χ0) is 16.1. The molecule has 0 aliphatic rings. The van der Waals surface area contributed by atoms with Crippen molar-refractivity contribution in [2.75, 3.05) is 19.4 Å². The Hall–Kier alpha value is -2.73. The molecule has 1 aromatic heterocycles. The van der Waals surface area contributed by atoms with Gasteiger partial charge in [-0.3, -0.25) is 0 Å². The minimum absolute atomic E-state index is 0.642. The largest absolute Gasteiger partial charge is 0.349 e. The number of hydrogen-bond donors (Lipinski definition) is 2. The number of nitrogens with one attached hydrogen (secondary N) is 2. The number of para-hydroxylation sites is 1. The highest BCUT2D eigenvalue weighted by Crippen LogP contribution is 2.13. The van der Waals surface area contributed by atoms with Crippen molar-refractivity contribution in [2.24, 2.45) is 0 Å². The van der Waals surface area contributed by atoms with Crippen molar-refractivity contribution in [1.82, 2.24) is 20.2 Å². The average molecular weight is 309 g/mol. The average Bonchev–Trinajstić information content (AvgIpc) is 3.03. The highest BCUT2D eigenvalue weighted by molar-refractivity contribution is 5.39. The van der Waals surface area contributed by atoms with Crippen molar-refractivity contribution in [2.45, 2.75) is 13.1 Å². The van der Waals surface area contributed by atoms with E-state index in [1.807, 2.05) is 30.3 Å². The molecule has 0 fully saturated rings. The van der Waals surface area contributed by atoms with Crippen molar-refractivity contribution in [3.8, 4) is 5.69 Å². The lowest BCUT2D eigenvalue weighted by Crippen LogP contribution is -3.04. The molecule has 0 aliphatic heterocycles. The molecule has 0 atom stereocenters. The first-order chi connectivity index (χ1) is 11.2. The predicted molar refractivity (Wildman–Crippen MR) is 89.4 cm³/mol. The molecule has 2 aromatic carbocycles. The minimum Gasteiger partial charge on any atom is -0.349 e. The molecule has 0 bridgehead atoms. The number of aromatic nitrogens is 4. The van der Waals surface area contributed by atoms with E-state index in [1.165, 1.54) is 16.0 Å². The highest BCUT2D eigenvalue weighted by Gasteiger charge is 2.09. The maximum Gasteiger partial charge on any atom is 0.248 e. The predicted octanol–water partition coefficient (Wildman–Crippen LogP) is 0.919. The quantitative estimate of drug-likeness (QED) is 0.711. The van der Waals surface area contributed by atoms with Crippen molar-refractivity contribution in [3.63, 3.8) is 0 Å². The van der Waals surface area contributed by atoms with Crippen LogP contribution in [0.2, 0.25) is 0 Å². The zero-order valence-electron chi connectivity index (χ0n) is 13.4. The molecule has 6 nitrogen and oxygen atoms in total. The first-order valence-corrected chi connectivity index (χ1v) is 7.67. The Bertz CT molecular complexity index is 751. The van der Waals surface area contributed by atoms with E-state index in [4.69, 9.17) is 0 Å². The molecule has 118 valence electrons. The van der Waals surface area contributed by atoms with E-state index in [0.29, 0.717) is 12.5 Å². The maximum atomic E-state index is 4.08. The second-order valence-electron chi connectivity index (χ2n) is 5.76. The van der Waals surface area contributed by atoms with E-state index in [2.05, 4.69) is 59.2 Å². The van der Waals surface area contributed by atoms with Crippen molar-refractivity contribution in [3.05, 3.63) is 65.7 Å². The lowest BCUT2D eigenvalue weighted by Gasteiger charge is -2.13. The molecule has 2 N–H and O–H groups in total. The molecule has 1 heterocycles. The van der Waals surface area contributed by atoms with E-state index in [0.717, 1.165) is 12.2 Å². The number of anilines is 1. The summed E-state index contributed by atoms with van der Waals surface area (Å²) in [7, 11) is 4.31. The third-order valence-corrected chi connectivity index (χ3v) is 3.57. The van der Waals surface area contributed by atoms with Gasteiger partial charge < -0.3 is 10.2 Å². The van der Waals surface area contributed by atoms with Gasteiger partial charge in [0.1, 0.15) is 6.54 Å². The summed E-state index contributed by atoms with van der Waals surface area (Å²) in [4.78, 5) is 1.39. The Morgan fingerprint density at radius 2 is 1.65 bits per heavy atom. The number of hydrogen-bond acceptors (Lipinski definition) is 4. The van der Waals surface area contributed by atoms with Gasteiger partial charge in [0, 0.05) is 12.1 Å². The molecule has 0 aliphatic carbocycles. The normalized spacial score (nSPS) is 10.9. The minimum atomic E-state index is 0.642. The third-order valence-electron chi connectivity index (χ3n) is 3.57. The van der Waals surface area contributed by atoms with Crippen LogP contribution in [0.15, 0.2) is 54.6 Å². The Labute approximate surface area is 135 Å². The van der Waals surface area contributed by atoms with Gasteiger partial charge in [0.2, 0.25) is 5.95 Å². The van der Waals surface area contributed by atoms with Gasteiger partial charge in [0.05, 0.1) is 19.8 Å². The van der Waals surface area contributed by atoms with Crippen LogP contribution >= 0.6 is 0 Å². The number of tetrazole rings is 1. The maximum absolute atomic E-state index is 4.08. The van der Waals surface area contributed by atoms with Gasteiger partial charge in [0.15, 0.2) is 0 Å². The molecular formula is C17H21N6+. The van der Waals surface area contributed by atoms with Gasteiger partial charge in [-0.15, -0.1) is 0 Å². The fourth-order valence-corrected chi connectivity index (χ4v) is 2.50. The molecular weight excluding hydrogens is 288 g/mol. The van der Waals surface area contributed by atoms with E-state index in [-0.39, 0.29) is 0 Å². The van der Waals surface area contributed by atoms with Gasteiger partial charge in [-0.25, -0.2) is 0 Å². The summed E-state index contributed by atoms with van der Waals surface area (Å²) in [5, 5.41) is 15.3. The smallest absolute Gasteiger partial charge is 0.248 e. The summed E-state index contributed by atoms with van der Waals surface area (Å²) in [5.74, 6) is 0.642. The lowest BCUT2D eigenvalue weighted by atomic mass is 10.1. The lowest BCUT2D eigenvalue weighted by molar-refractivity contribution is -0.872. The van der Waals surface area contributed by atoms with E-state index >= 15 is 0 Å². The summed E-state index contributed by atoms with van der Waals surface area (Å²) in [6.07, 6.45) is 0. The molecule has 3 rings (SSSR count). The molecule has 6 heteroatoms. The molecule has 0 saturated carbocycles. The van der Waals surface area contributed by atoms with Crippen LogP contribution in [0, 0.1) is 0 Å². The van der Waals surface area contributed by atoms with Crippen LogP contribution in [0.4, 0.5) is 5.95 Å². The van der Waals surface area contributed by atoms with Crippen LogP contribution in [0.25, 0.3) is 5.69 Å². The van der Waals surface area contributed by atoms with Crippen LogP contribution in [0.5, 0.6) is 0 Å². The Morgan fingerprint density at radius 1 is 0.957 bits per heavy atom. The van der Waals surface area contributed by atoms with Crippen LogP contribution in [-0.4, -0.2) is 34.3 Å². The van der Waals surface area contributed by atoms with E-state index < -0.39 is 0 Å². The first-order valence-electron chi connectivity index (χ1n) is 7.67. The first kappa shape index (κ1) is 15.2. The molecule has 0 amide bonds. The Morgan fingerprint density at radius 3 is 2.39 bits per heavy atom. The van der Waals surface area contributed by atoms with Gasteiger partial charge >= 0.3 is 0 Å². The number of quaternary nitrogens is 1.